The van der Waals surface area contributed by atoms with E-state index in [1.54, 1.807) is 0 Å². The van der Waals surface area contributed by atoms with Gasteiger partial charge >= 0.3 is 0 Å². The summed E-state index contributed by atoms with van der Waals surface area (Å²) in [4.78, 5) is 17.7. The number of rotatable bonds is 8. The van der Waals surface area contributed by atoms with Gasteiger partial charge in [0.1, 0.15) is 0 Å². The van der Waals surface area contributed by atoms with Gasteiger partial charge in [0.05, 0.1) is 6.10 Å². The van der Waals surface area contributed by atoms with Gasteiger partial charge in [0.15, 0.2) is 0 Å². The summed E-state index contributed by atoms with van der Waals surface area (Å²) in [5.74, 6) is 1.74. The van der Waals surface area contributed by atoms with Gasteiger partial charge in [-0.05, 0) is 89.7 Å². The number of hydrogen-bond acceptors (Lipinski definition) is 5. The Morgan fingerprint density at radius 1 is 1.12 bits per heavy atom. The lowest BCUT2D eigenvalue weighted by Crippen LogP contribution is -2.49. The van der Waals surface area contributed by atoms with Crippen LogP contribution in [0.3, 0.4) is 0 Å². The second-order valence-electron chi connectivity index (χ2n) is 8.11. The highest BCUT2D eigenvalue weighted by atomic mass is 32.2. The Bertz CT molecular complexity index is 415. The first-order chi connectivity index (χ1) is 12.8. The van der Waals surface area contributed by atoms with Gasteiger partial charge < -0.3 is 19.9 Å². The molecule has 3 rings (SSSR count). The Hall–Kier alpha value is -0.300. The molecule has 0 aromatic heterocycles. The number of nitrogens with one attached hydrogen (secondary N) is 1. The normalized spacial score (nSPS) is 27.0. The number of ether oxygens (including phenoxy) is 1. The lowest BCUT2D eigenvalue weighted by molar-refractivity contribution is -0.127. The molecule has 150 valence electrons. The van der Waals surface area contributed by atoms with Crippen LogP contribution in [0, 0.1) is 5.92 Å². The predicted molar refractivity (Wildman–Crippen MR) is 109 cm³/mol. The minimum Gasteiger partial charge on any atom is -0.376 e. The fourth-order valence-electron chi connectivity index (χ4n) is 4.63. The van der Waals surface area contributed by atoms with Crippen molar-refractivity contribution in [2.24, 2.45) is 5.92 Å². The first kappa shape index (κ1) is 20.4. The van der Waals surface area contributed by atoms with Crippen LogP contribution < -0.4 is 5.32 Å². The molecule has 3 saturated heterocycles. The van der Waals surface area contributed by atoms with Crippen LogP contribution in [0.5, 0.6) is 0 Å². The predicted octanol–water partition coefficient (Wildman–Crippen LogP) is 2.21. The first-order valence-electron chi connectivity index (χ1n) is 10.6. The fourth-order valence-corrected chi connectivity index (χ4v) is 5.05. The average molecular weight is 384 g/mol. The zero-order valence-electron chi connectivity index (χ0n) is 16.5. The number of carbonyl (C=O) groups excluding carboxylic acids is 1. The molecule has 0 aromatic carbocycles. The maximum Gasteiger partial charge on any atom is 0.223 e. The molecule has 0 spiro atoms. The largest absolute Gasteiger partial charge is 0.376 e. The Balaban J connectivity index is 1.30. The molecule has 0 radical (unpaired) electrons. The van der Waals surface area contributed by atoms with Crippen LogP contribution in [0.25, 0.3) is 0 Å². The van der Waals surface area contributed by atoms with E-state index in [1.807, 2.05) is 11.8 Å². The van der Waals surface area contributed by atoms with E-state index in [1.165, 1.54) is 44.6 Å². The second kappa shape index (κ2) is 10.9. The van der Waals surface area contributed by atoms with E-state index in [-0.39, 0.29) is 17.9 Å². The number of hydrogen-bond donors (Lipinski definition) is 1. The van der Waals surface area contributed by atoms with E-state index >= 15 is 0 Å². The monoisotopic (exact) mass is 383 g/mol. The zero-order valence-corrected chi connectivity index (χ0v) is 17.3. The number of piperidine rings is 2. The van der Waals surface area contributed by atoms with Crippen LogP contribution in [-0.2, 0) is 9.53 Å². The smallest absolute Gasteiger partial charge is 0.223 e. The van der Waals surface area contributed by atoms with E-state index in [9.17, 15) is 4.79 Å². The highest BCUT2D eigenvalue weighted by Crippen LogP contribution is 2.24. The Labute approximate surface area is 163 Å². The third kappa shape index (κ3) is 6.11. The van der Waals surface area contributed by atoms with Gasteiger partial charge in [-0.2, -0.15) is 11.8 Å². The summed E-state index contributed by atoms with van der Waals surface area (Å²) >= 11 is 1.95. The number of carbonyl (C=O) groups is 1. The SMILES string of the molecule is CSCCCN1CCC(N2CCC(C(=O)NC[C@H]3CCCO3)CC2)CC1. The van der Waals surface area contributed by atoms with Crippen molar-refractivity contribution in [3.63, 3.8) is 0 Å². The molecular formula is C20H37N3O2S. The average Bonchev–Trinajstić information content (AvgIpc) is 3.21. The van der Waals surface area contributed by atoms with Gasteiger partial charge in [0, 0.05) is 25.1 Å². The summed E-state index contributed by atoms with van der Waals surface area (Å²) in [7, 11) is 0. The van der Waals surface area contributed by atoms with Gasteiger partial charge in [0.2, 0.25) is 5.91 Å². The van der Waals surface area contributed by atoms with Crippen LogP contribution in [0.2, 0.25) is 0 Å². The molecule has 1 N–H and O–H groups in total. The molecule has 26 heavy (non-hydrogen) atoms. The van der Waals surface area contributed by atoms with E-state index in [4.69, 9.17) is 4.74 Å². The number of amides is 1. The van der Waals surface area contributed by atoms with Crippen molar-refractivity contribution in [1.82, 2.24) is 15.1 Å². The lowest BCUT2D eigenvalue weighted by atomic mass is 9.92. The van der Waals surface area contributed by atoms with Crippen molar-refractivity contribution in [2.45, 2.75) is 57.1 Å². The molecule has 3 heterocycles. The maximum atomic E-state index is 12.4. The first-order valence-corrected chi connectivity index (χ1v) is 12.0. The topological polar surface area (TPSA) is 44.8 Å². The summed E-state index contributed by atoms with van der Waals surface area (Å²) in [6.45, 7) is 7.51. The molecule has 0 saturated carbocycles. The summed E-state index contributed by atoms with van der Waals surface area (Å²) in [6.07, 6.45) is 10.6. The third-order valence-corrected chi connectivity index (χ3v) is 7.02. The number of nitrogens with zero attached hydrogens (tertiary/aromatic N) is 2. The van der Waals surface area contributed by atoms with Crippen molar-refractivity contribution < 1.29 is 9.53 Å². The highest BCUT2D eigenvalue weighted by molar-refractivity contribution is 7.98. The molecule has 0 aromatic rings. The molecule has 0 unspecified atom stereocenters. The van der Waals surface area contributed by atoms with Gasteiger partial charge in [-0.25, -0.2) is 0 Å². The van der Waals surface area contributed by atoms with Crippen LogP contribution in [0.4, 0.5) is 0 Å². The summed E-state index contributed by atoms with van der Waals surface area (Å²) in [5, 5.41) is 3.13. The van der Waals surface area contributed by atoms with E-state index in [0.717, 1.165) is 51.4 Å². The quantitative estimate of drug-likeness (QED) is 0.651. The Morgan fingerprint density at radius 3 is 2.54 bits per heavy atom. The molecule has 6 heteroatoms. The lowest BCUT2D eigenvalue weighted by Gasteiger charge is -2.41. The van der Waals surface area contributed by atoms with Gasteiger partial charge in [0.25, 0.3) is 0 Å². The molecule has 3 fully saturated rings. The van der Waals surface area contributed by atoms with Crippen LogP contribution in [0.1, 0.15) is 44.9 Å². The molecule has 3 aliphatic rings. The standard InChI is InChI=1S/C20H37N3O2S/c1-26-15-3-9-22-10-7-18(8-11-22)23-12-5-17(6-13-23)20(24)21-16-19-4-2-14-25-19/h17-19H,2-16H2,1H3,(H,21,24)/t19-/m1/s1. The highest BCUT2D eigenvalue weighted by Gasteiger charge is 2.30. The molecule has 0 aliphatic carbocycles. The molecule has 3 aliphatic heterocycles. The third-order valence-electron chi connectivity index (χ3n) is 6.32. The molecule has 1 amide bonds. The van der Waals surface area contributed by atoms with Crippen molar-refractivity contribution in [3.8, 4) is 0 Å². The summed E-state index contributed by atoms with van der Waals surface area (Å²) in [6, 6.07) is 0.739. The van der Waals surface area contributed by atoms with E-state index in [0.29, 0.717) is 6.54 Å². The molecular weight excluding hydrogens is 346 g/mol. The van der Waals surface area contributed by atoms with Crippen molar-refractivity contribution in [1.29, 1.82) is 0 Å². The Kier molecular flexibility index (Phi) is 8.56. The molecule has 1 atom stereocenters. The minimum absolute atomic E-state index is 0.208. The van der Waals surface area contributed by atoms with Gasteiger partial charge in [-0.1, -0.05) is 0 Å². The van der Waals surface area contributed by atoms with Crippen molar-refractivity contribution >= 4 is 17.7 Å². The van der Waals surface area contributed by atoms with E-state index < -0.39 is 0 Å². The van der Waals surface area contributed by atoms with Crippen LogP contribution in [0.15, 0.2) is 0 Å². The minimum atomic E-state index is 0.208. The second-order valence-corrected chi connectivity index (χ2v) is 9.10. The fraction of sp³-hybridized carbons (Fsp3) is 0.950. The summed E-state index contributed by atoms with van der Waals surface area (Å²) < 4.78 is 5.60. The summed E-state index contributed by atoms with van der Waals surface area (Å²) in [5.41, 5.74) is 0. The van der Waals surface area contributed by atoms with Gasteiger partial charge in [-0.15, -0.1) is 0 Å². The van der Waals surface area contributed by atoms with Gasteiger partial charge in [-0.3, -0.25) is 4.79 Å². The van der Waals surface area contributed by atoms with Crippen molar-refractivity contribution in [3.05, 3.63) is 0 Å². The Morgan fingerprint density at radius 2 is 1.88 bits per heavy atom. The zero-order chi connectivity index (χ0) is 18.2. The number of thioether (sulfide) groups is 1. The molecule has 0 bridgehead atoms. The van der Waals surface area contributed by atoms with Crippen molar-refractivity contribution in [2.75, 3.05) is 57.9 Å². The van der Waals surface area contributed by atoms with E-state index in [2.05, 4.69) is 21.4 Å². The molecule has 5 nitrogen and oxygen atoms in total. The number of likely N-dealkylation sites (tertiary alicyclic amines) is 2. The van der Waals surface area contributed by atoms with Crippen LogP contribution >= 0.6 is 11.8 Å². The maximum absolute atomic E-state index is 12.4. The van der Waals surface area contributed by atoms with Crippen LogP contribution in [-0.4, -0.2) is 85.7 Å².